The molecule has 0 spiro atoms. The summed E-state index contributed by atoms with van der Waals surface area (Å²) in [4.78, 5) is 28.7. The molecule has 0 aromatic heterocycles. The van der Waals surface area contributed by atoms with Crippen LogP contribution in [0.1, 0.15) is 76.3 Å². The van der Waals surface area contributed by atoms with Crippen molar-refractivity contribution in [2.45, 2.75) is 71.6 Å². The molecule has 8 nitrogen and oxygen atoms in total. The summed E-state index contributed by atoms with van der Waals surface area (Å²) in [5.41, 5.74) is 3.82. The molecule has 39 heavy (non-hydrogen) atoms. The molecule has 4 N–H and O–H groups in total. The van der Waals surface area contributed by atoms with Gasteiger partial charge in [-0.3, -0.25) is 9.80 Å². The Morgan fingerprint density at radius 2 is 0.974 bits per heavy atom. The maximum absolute atomic E-state index is 12.2. The van der Waals surface area contributed by atoms with Crippen molar-refractivity contribution >= 4 is 23.4 Å². The molecule has 0 heterocycles. The highest BCUT2D eigenvalue weighted by molar-refractivity contribution is 5.89. The van der Waals surface area contributed by atoms with Crippen LogP contribution in [0.25, 0.3) is 0 Å². The lowest BCUT2D eigenvalue weighted by Crippen LogP contribution is -2.38. The van der Waals surface area contributed by atoms with E-state index in [0.717, 1.165) is 54.9 Å². The number of carbonyl (C=O) groups is 2. The van der Waals surface area contributed by atoms with E-state index in [4.69, 9.17) is 0 Å². The smallest absolute Gasteiger partial charge is 0.320 e. The van der Waals surface area contributed by atoms with E-state index >= 15 is 0 Å². The summed E-state index contributed by atoms with van der Waals surface area (Å²) in [7, 11) is 4.04. The summed E-state index contributed by atoms with van der Waals surface area (Å²) in [6, 6.07) is 15.4. The largest absolute Gasteiger partial charge is 0.325 e. The number of hydrogen-bond donors (Lipinski definition) is 4. The molecular formula is C31H50N6O2. The zero-order valence-electron chi connectivity index (χ0n) is 24.5. The predicted molar refractivity (Wildman–Crippen MR) is 163 cm³/mol. The average Bonchev–Trinajstić information content (AvgIpc) is 2.93. The summed E-state index contributed by atoms with van der Waals surface area (Å²) >= 11 is 0. The van der Waals surface area contributed by atoms with Gasteiger partial charge in [-0.1, -0.05) is 76.6 Å². The lowest BCUT2D eigenvalue weighted by molar-refractivity contribution is 0.239. The van der Waals surface area contributed by atoms with Crippen LogP contribution in [0.3, 0.4) is 0 Å². The molecule has 0 aliphatic rings. The molecule has 2 aromatic rings. The van der Waals surface area contributed by atoms with Gasteiger partial charge >= 0.3 is 12.1 Å². The Labute approximate surface area is 235 Å². The van der Waals surface area contributed by atoms with Crippen LogP contribution in [0.15, 0.2) is 48.5 Å². The Morgan fingerprint density at radius 3 is 1.33 bits per heavy atom. The number of carbonyl (C=O) groups excluding carboxylic acids is 2. The van der Waals surface area contributed by atoms with Gasteiger partial charge in [0.1, 0.15) is 0 Å². The van der Waals surface area contributed by atoms with Crippen LogP contribution < -0.4 is 21.3 Å². The molecule has 0 radical (unpaired) electrons. The Balaban J connectivity index is 1.69. The SMILES string of the molecule is CCCCCCN(C)CNC(=O)Nc1ccc(Cc2ccc(NC(=O)NCN(C)CCCCCC)cc2)cc1. The zero-order chi connectivity index (χ0) is 28.3. The van der Waals surface area contributed by atoms with Crippen LogP contribution in [0.2, 0.25) is 0 Å². The minimum atomic E-state index is -0.200. The Bertz CT molecular complexity index is 871. The first-order valence-corrected chi connectivity index (χ1v) is 14.5. The van der Waals surface area contributed by atoms with Crippen molar-refractivity contribution in [3.63, 3.8) is 0 Å². The molecule has 0 aliphatic heterocycles. The summed E-state index contributed by atoms with van der Waals surface area (Å²) in [5, 5.41) is 11.6. The van der Waals surface area contributed by atoms with Crippen molar-refractivity contribution in [3.05, 3.63) is 59.7 Å². The van der Waals surface area contributed by atoms with Crippen LogP contribution >= 0.6 is 0 Å². The first-order valence-electron chi connectivity index (χ1n) is 14.5. The lowest BCUT2D eigenvalue weighted by Gasteiger charge is -2.17. The Morgan fingerprint density at radius 1 is 0.590 bits per heavy atom. The minimum Gasteiger partial charge on any atom is -0.325 e. The monoisotopic (exact) mass is 538 g/mol. The van der Waals surface area contributed by atoms with Crippen molar-refractivity contribution < 1.29 is 9.59 Å². The van der Waals surface area contributed by atoms with Crippen LogP contribution in [-0.4, -0.2) is 62.4 Å². The number of amides is 4. The van der Waals surface area contributed by atoms with E-state index in [1.165, 1.54) is 38.5 Å². The van der Waals surface area contributed by atoms with E-state index in [9.17, 15) is 9.59 Å². The fraction of sp³-hybridized carbons (Fsp3) is 0.548. The summed E-state index contributed by atoms with van der Waals surface area (Å²) in [6.07, 6.45) is 10.5. The van der Waals surface area contributed by atoms with Crippen LogP contribution in [0.4, 0.5) is 21.0 Å². The van der Waals surface area contributed by atoms with Gasteiger partial charge in [0.2, 0.25) is 0 Å². The average molecular weight is 539 g/mol. The van der Waals surface area contributed by atoms with Gasteiger partial charge in [0, 0.05) is 11.4 Å². The normalized spacial score (nSPS) is 11.0. The zero-order valence-corrected chi connectivity index (χ0v) is 24.5. The van der Waals surface area contributed by atoms with Crippen molar-refractivity contribution in [3.8, 4) is 0 Å². The molecule has 0 saturated carbocycles. The van der Waals surface area contributed by atoms with Gasteiger partial charge in [0.15, 0.2) is 0 Å². The molecule has 216 valence electrons. The number of unbranched alkanes of at least 4 members (excludes halogenated alkanes) is 6. The molecule has 2 rings (SSSR count). The van der Waals surface area contributed by atoms with Crippen molar-refractivity contribution in [2.24, 2.45) is 0 Å². The molecule has 0 saturated heterocycles. The number of nitrogens with one attached hydrogen (secondary N) is 4. The molecule has 0 fully saturated rings. The number of nitrogens with zero attached hydrogens (tertiary/aromatic N) is 2. The number of hydrogen-bond acceptors (Lipinski definition) is 4. The highest BCUT2D eigenvalue weighted by atomic mass is 16.2. The van der Waals surface area contributed by atoms with Gasteiger partial charge in [0.05, 0.1) is 13.3 Å². The minimum absolute atomic E-state index is 0.200. The van der Waals surface area contributed by atoms with E-state index in [2.05, 4.69) is 44.9 Å². The third-order valence-electron chi connectivity index (χ3n) is 6.64. The van der Waals surface area contributed by atoms with Gasteiger partial charge < -0.3 is 21.3 Å². The molecule has 0 bridgehead atoms. The van der Waals surface area contributed by atoms with Gasteiger partial charge in [-0.25, -0.2) is 9.59 Å². The standard InChI is InChI=1S/C31H50N6O2/c1-5-7-9-11-21-36(3)24-32-30(38)34-28-17-13-26(14-18-28)23-27-15-19-29(20-16-27)35-31(39)33-25-37(4)22-12-10-8-6-2/h13-20H,5-12,21-25H2,1-4H3,(H2,32,34,38)(H2,33,35,39). The fourth-order valence-corrected chi connectivity index (χ4v) is 4.19. The molecule has 4 amide bonds. The van der Waals surface area contributed by atoms with E-state index in [0.29, 0.717) is 13.3 Å². The first kappa shape index (κ1) is 32.1. The van der Waals surface area contributed by atoms with Crippen LogP contribution in [0, 0.1) is 0 Å². The van der Waals surface area contributed by atoms with Crippen molar-refractivity contribution in [1.82, 2.24) is 20.4 Å². The highest BCUT2D eigenvalue weighted by Crippen LogP contribution is 2.16. The second kappa shape index (κ2) is 19.0. The third-order valence-corrected chi connectivity index (χ3v) is 6.64. The lowest BCUT2D eigenvalue weighted by atomic mass is 10.0. The van der Waals surface area contributed by atoms with Gasteiger partial charge in [0.25, 0.3) is 0 Å². The summed E-state index contributed by atoms with van der Waals surface area (Å²) in [5.74, 6) is 0. The molecular weight excluding hydrogens is 488 g/mol. The molecule has 8 heteroatoms. The van der Waals surface area contributed by atoms with E-state index in [1.54, 1.807) is 0 Å². The van der Waals surface area contributed by atoms with Crippen molar-refractivity contribution in [1.29, 1.82) is 0 Å². The van der Waals surface area contributed by atoms with E-state index < -0.39 is 0 Å². The highest BCUT2D eigenvalue weighted by Gasteiger charge is 2.06. The van der Waals surface area contributed by atoms with Gasteiger partial charge in [-0.2, -0.15) is 0 Å². The van der Waals surface area contributed by atoms with Crippen molar-refractivity contribution in [2.75, 3.05) is 51.2 Å². The third kappa shape index (κ3) is 14.6. The Hall–Kier alpha value is -3.10. The topological polar surface area (TPSA) is 88.7 Å². The van der Waals surface area contributed by atoms with Crippen LogP contribution in [0.5, 0.6) is 0 Å². The molecule has 2 aromatic carbocycles. The molecule has 0 aliphatic carbocycles. The van der Waals surface area contributed by atoms with E-state index in [-0.39, 0.29) is 12.1 Å². The van der Waals surface area contributed by atoms with E-state index in [1.807, 2.05) is 62.6 Å². The maximum Gasteiger partial charge on any atom is 0.320 e. The number of benzene rings is 2. The summed E-state index contributed by atoms with van der Waals surface area (Å²) < 4.78 is 0. The molecule has 0 atom stereocenters. The summed E-state index contributed by atoms with van der Waals surface area (Å²) in [6.45, 7) is 7.43. The quantitative estimate of drug-likeness (QED) is 0.130. The van der Waals surface area contributed by atoms with Gasteiger partial charge in [-0.15, -0.1) is 0 Å². The first-order chi connectivity index (χ1) is 18.9. The number of anilines is 2. The van der Waals surface area contributed by atoms with Gasteiger partial charge in [-0.05, 0) is 81.8 Å². The van der Waals surface area contributed by atoms with Crippen LogP contribution in [-0.2, 0) is 6.42 Å². The fourth-order valence-electron chi connectivity index (χ4n) is 4.19. The number of rotatable bonds is 18. The number of urea groups is 2. The Kier molecular flexibility index (Phi) is 15.7. The maximum atomic E-state index is 12.2. The second-order valence-corrected chi connectivity index (χ2v) is 10.4. The second-order valence-electron chi connectivity index (χ2n) is 10.4. The predicted octanol–water partition coefficient (Wildman–Crippen LogP) is 6.46. The molecule has 0 unspecified atom stereocenters.